The summed E-state index contributed by atoms with van der Waals surface area (Å²) in [7, 11) is 2.01. The molecule has 2 heterocycles. The predicted molar refractivity (Wildman–Crippen MR) is 78.9 cm³/mol. The van der Waals surface area contributed by atoms with Crippen LogP contribution in [-0.2, 0) is 11.8 Å². The Morgan fingerprint density at radius 1 is 1.30 bits per heavy atom. The van der Waals surface area contributed by atoms with Crippen LogP contribution in [0.3, 0.4) is 0 Å². The minimum Gasteiger partial charge on any atom is -0.461 e. The number of ether oxygens (including phenoxy) is 1. The van der Waals surface area contributed by atoms with E-state index in [9.17, 15) is 4.79 Å². The van der Waals surface area contributed by atoms with E-state index >= 15 is 0 Å². The molecule has 3 rings (SSSR count). The molecule has 0 saturated carbocycles. The first kappa shape index (κ1) is 12.7. The van der Waals surface area contributed by atoms with Crippen LogP contribution >= 0.6 is 0 Å². The van der Waals surface area contributed by atoms with Crippen molar-refractivity contribution < 1.29 is 9.53 Å². The highest BCUT2D eigenvalue weighted by molar-refractivity contribution is 6.11. The van der Waals surface area contributed by atoms with Crippen LogP contribution in [0.25, 0.3) is 21.8 Å². The molecule has 0 aliphatic heterocycles. The molecule has 0 saturated heterocycles. The molecule has 2 aromatic heterocycles. The van der Waals surface area contributed by atoms with Gasteiger partial charge in [-0.2, -0.15) is 0 Å². The van der Waals surface area contributed by atoms with Crippen molar-refractivity contribution in [2.75, 3.05) is 6.61 Å². The van der Waals surface area contributed by atoms with E-state index in [1.165, 1.54) is 0 Å². The summed E-state index contributed by atoms with van der Waals surface area (Å²) < 4.78 is 7.17. The van der Waals surface area contributed by atoms with Crippen molar-refractivity contribution >= 4 is 27.8 Å². The largest absolute Gasteiger partial charge is 0.461 e. The van der Waals surface area contributed by atoms with E-state index in [2.05, 4.69) is 21.7 Å². The Labute approximate surface area is 117 Å². The number of aromatic nitrogens is 2. The fourth-order valence-corrected chi connectivity index (χ4v) is 2.70. The molecule has 0 N–H and O–H groups in total. The molecule has 0 atom stereocenters. The molecular formula is C16H16N2O2. The highest BCUT2D eigenvalue weighted by atomic mass is 16.5. The Morgan fingerprint density at radius 3 is 2.80 bits per heavy atom. The number of benzene rings is 1. The van der Waals surface area contributed by atoms with Gasteiger partial charge in [-0.3, -0.25) is 0 Å². The number of hydrogen-bond donors (Lipinski definition) is 0. The SMILES string of the molecule is CCOC(=O)c1ncc2c(c1C)c1ccccc1n2C. The van der Waals surface area contributed by atoms with Crippen LogP contribution in [0.2, 0.25) is 0 Å². The average Bonchev–Trinajstić information content (AvgIpc) is 2.74. The van der Waals surface area contributed by atoms with E-state index in [0.29, 0.717) is 12.3 Å². The molecule has 0 spiro atoms. The molecule has 102 valence electrons. The topological polar surface area (TPSA) is 44.1 Å². The van der Waals surface area contributed by atoms with Gasteiger partial charge in [-0.05, 0) is 25.5 Å². The van der Waals surface area contributed by atoms with Crippen LogP contribution in [0.15, 0.2) is 30.5 Å². The van der Waals surface area contributed by atoms with Gasteiger partial charge in [0.15, 0.2) is 5.69 Å². The van der Waals surface area contributed by atoms with Gasteiger partial charge in [-0.25, -0.2) is 9.78 Å². The molecule has 0 unspecified atom stereocenters. The smallest absolute Gasteiger partial charge is 0.357 e. The minimum atomic E-state index is -0.361. The molecule has 0 aliphatic carbocycles. The lowest BCUT2D eigenvalue weighted by Gasteiger charge is -2.06. The van der Waals surface area contributed by atoms with E-state index < -0.39 is 0 Å². The second kappa shape index (κ2) is 4.63. The van der Waals surface area contributed by atoms with Crippen LogP contribution in [0.5, 0.6) is 0 Å². The summed E-state index contributed by atoms with van der Waals surface area (Å²) in [6, 6.07) is 8.15. The van der Waals surface area contributed by atoms with Gasteiger partial charge in [-0.15, -0.1) is 0 Å². The van der Waals surface area contributed by atoms with E-state index in [1.807, 2.05) is 26.1 Å². The van der Waals surface area contributed by atoms with Crippen molar-refractivity contribution in [2.45, 2.75) is 13.8 Å². The average molecular weight is 268 g/mol. The van der Waals surface area contributed by atoms with Crippen molar-refractivity contribution in [2.24, 2.45) is 7.05 Å². The van der Waals surface area contributed by atoms with E-state index in [0.717, 1.165) is 27.4 Å². The zero-order valence-electron chi connectivity index (χ0n) is 11.8. The van der Waals surface area contributed by atoms with Crippen molar-refractivity contribution in [1.29, 1.82) is 0 Å². The lowest BCUT2D eigenvalue weighted by atomic mass is 10.1. The number of carbonyl (C=O) groups is 1. The van der Waals surface area contributed by atoms with Gasteiger partial charge < -0.3 is 9.30 Å². The third-order valence-corrected chi connectivity index (χ3v) is 3.67. The summed E-state index contributed by atoms with van der Waals surface area (Å²) in [4.78, 5) is 16.2. The number of esters is 1. The fourth-order valence-electron chi connectivity index (χ4n) is 2.70. The maximum atomic E-state index is 12.0. The lowest BCUT2D eigenvalue weighted by molar-refractivity contribution is 0.0519. The molecular weight excluding hydrogens is 252 g/mol. The Balaban J connectivity index is 2.37. The normalized spacial score (nSPS) is 11.2. The predicted octanol–water partition coefficient (Wildman–Crippen LogP) is 3.21. The molecule has 20 heavy (non-hydrogen) atoms. The Hall–Kier alpha value is -2.36. The monoisotopic (exact) mass is 268 g/mol. The van der Waals surface area contributed by atoms with Crippen LogP contribution in [-0.4, -0.2) is 22.1 Å². The third kappa shape index (κ3) is 1.68. The van der Waals surface area contributed by atoms with Crippen molar-refractivity contribution in [3.63, 3.8) is 0 Å². The van der Waals surface area contributed by atoms with Crippen LogP contribution in [0.1, 0.15) is 23.0 Å². The van der Waals surface area contributed by atoms with Gasteiger partial charge >= 0.3 is 5.97 Å². The van der Waals surface area contributed by atoms with Gasteiger partial charge in [0.2, 0.25) is 0 Å². The summed E-state index contributed by atoms with van der Waals surface area (Å²) in [6.45, 7) is 4.07. The summed E-state index contributed by atoms with van der Waals surface area (Å²) in [5.74, 6) is -0.361. The Bertz CT molecular complexity index is 818. The highest BCUT2D eigenvalue weighted by Crippen LogP contribution is 2.31. The third-order valence-electron chi connectivity index (χ3n) is 3.67. The van der Waals surface area contributed by atoms with Crippen molar-refractivity contribution in [3.05, 3.63) is 41.7 Å². The number of aryl methyl sites for hydroxylation is 2. The maximum Gasteiger partial charge on any atom is 0.357 e. The Kier molecular flexibility index (Phi) is 2.93. The number of pyridine rings is 1. The summed E-state index contributed by atoms with van der Waals surface area (Å²) in [5.41, 5.74) is 3.43. The number of carbonyl (C=O) groups excluding carboxylic acids is 1. The zero-order chi connectivity index (χ0) is 14.3. The second-order valence-corrected chi connectivity index (χ2v) is 4.79. The van der Waals surface area contributed by atoms with Crippen LogP contribution < -0.4 is 0 Å². The van der Waals surface area contributed by atoms with Crippen LogP contribution in [0, 0.1) is 6.92 Å². The molecule has 0 fully saturated rings. The number of rotatable bonds is 2. The molecule has 0 aliphatic rings. The maximum absolute atomic E-state index is 12.0. The molecule has 0 radical (unpaired) electrons. The summed E-state index contributed by atoms with van der Waals surface area (Å²) in [6.07, 6.45) is 1.74. The second-order valence-electron chi connectivity index (χ2n) is 4.79. The number of hydrogen-bond acceptors (Lipinski definition) is 3. The number of para-hydroxylation sites is 1. The fraction of sp³-hybridized carbons (Fsp3) is 0.250. The van der Waals surface area contributed by atoms with Gasteiger partial charge in [-0.1, -0.05) is 18.2 Å². The molecule has 4 heteroatoms. The lowest BCUT2D eigenvalue weighted by Crippen LogP contribution is -2.09. The quantitative estimate of drug-likeness (QED) is 0.670. The molecule has 0 amide bonds. The molecule has 4 nitrogen and oxygen atoms in total. The van der Waals surface area contributed by atoms with Gasteiger partial charge in [0.1, 0.15) is 0 Å². The molecule has 1 aromatic carbocycles. The Morgan fingerprint density at radius 2 is 2.05 bits per heavy atom. The van der Waals surface area contributed by atoms with Crippen molar-refractivity contribution in [3.8, 4) is 0 Å². The first-order valence-corrected chi connectivity index (χ1v) is 6.65. The first-order valence-electron chi connectivity index (χ1n) is 6.65. The van der Waals surface area contributed by atoms with E-state index in [1.54, 1.807) is 13.1 Å². The first-order chi connectivity index (χ1) is 9.65. The van der Waals surface area contributed by atoms with Gasteiger partial charge in [0.05, 0.1) is 18.3 Å². The van der Waals surface area contributed by atoms with E-state index in [-0.39, 0.29) is 5.97 Å². The zero-order valence-corrected chi connectivity index (χ0v) is 11.8. The number of fused-ring (bicyclic) bond motifs is 3. The minimum absolute atomic E-state index is 0.355. The van der Waals surface area contributed by atoms with Gasteiger partial charge in [0, 0.05) is 23.3 Å². The van der Waals surface area contributed by atoms with E-state index in [4.69, 9.17) is 4.74 Å². The highest BCUT2D eigenvalue weighted by Gasteiger charge is 2.18. The van der Waals surface area contributed by atoms with Crippen molar-refractivity contribution in [1.82, 2.24) is 9.55 Å². The number of nitrogens with zero attached hydrogens (tertiary/aromatic N) is 2. The van der Waals surface area contributed by atoms with Gasteiger partial charge in [0.25, 0.3) is 0 Å². The van der Waals surface area contributed by atoms with Crippen LogP contribution in [0.4, 0.5) is 0 Å². The standard InChI is InChI=1S/C16H16N2O2/c1-4-20-16(19)15-10(2)14-11-7-5-6-8-12(11)18(3)13(14)9-17-15/h5-9H,4H2,1-3H3. The summed E-state index contributed by atoms with van der Waals surface area (Å²) in [5, 5.41) is 2.21. The summed E-state index contributed by atoms with van der Waals surface area (Å²) >= 11 is 0. The molecule has 3 aromatic rings. The molecule has 0 bridgehead atoms.